The molecule has 0 aliphatic rings. The van der Waals surface area contributed by atoms with Gasteiger partial charge >= 0.3 is 6.18 Å². The van der Waals surface area contributed by atoms with Crippen LogP contribution in [-0.2, 0) is 11.3 Å². The fourth-order valence-corrected chi connectivity index (χ4v) is 2.60. The minimum atomic E-state index is -4.27. The number of nitrogens with zero attached hydrogens (tertiary/aromatic N) is 2. The van der Waals surface area contributed by atoms with Gasteiger partial charge in [-0.15, -0.1) is 35.3 Å². The van der Waals surface area contributed by atoms with Crippen molar-refractivity contribution in [2.75, 3.05) is 26.3 Å². The normalized spacial score (nSPS) is 12.2. The van der Waals surface area contributed by atoms with Crippen LogP contribution < -0.4 is 10.6 Å². The summed E-state index contributed by atoms with van der Waals surface area (Å²) in [6.07, 6.45) is -3.80. The molecule has 0 spiro atoms. The lowest BCUT2D eigenvalue weighted by molar-refractivity contribution is -0.173. The van der Waals surface area contributed by atoms with Crippen molar-refractivity contribution in [2.45, 2.75) is 45.8 Å². The van der Waals surface area contributed by atoms with Gasteiger partial charge in [0.15, 0.2) is 5.96 Å². The fraction of sp³-hybridized carbons (Fsp3) is 0.733. The molecule has 0 amide bonds. The number of thiazole rings is 1. The Kier molecular flexibility index (Phi) is 12.4. The number of rotatable bonds is 9. The summed E-state index contributed by atoms with van der Waals surface area (Å²) in [6.45, 7) is 6.63. The van der Waals surface area contributed by atoms with Crippen LogP contribution >= 0.6 is 35.3 Å². The number of aromatic nitrogens is 1. The van der Waals surface area contributed by atoms with E-state index < -0.39 is 12.8 Å². The summed E-state index contributed by atoms with van der Waals surface area (Å²) < 4.78 is 40.4. The van der Waals surface area contributed by atoms with Crippen molar-refractivity contribution >= 4 is 41.3 Å². The summed E-state index contributed by atoms with van der Waals surface area (Å²) in [5.74, 6) is 1.01. The number of ether oxygens (including phenoxy) is 1. The number of aliphatic imine (C=N–C) groups is 1. The van der Waals surface area contributed by atoms with Crippen LogP contribution in [0.4, 0.5) is 13.2 Å². The second-order valence-corrected chi connectivity index (χ2v) is 6.41. The van der Waals surface area contributed by atoms with E-state index in [1.807, 2.05) is 12.3 Å². The Morgan fingerprint density at radius 3 is 2.64 bits per heavy atom. The topological polar surface area (TPSA) is 58.5 Å². The number of guanidine groups is 1. The number of halogens is 4. The largest absolute Gasteiger partial charge is 0.411 e. The molecule has 5 nitrogen and oxygen atoms in total. The van der Waals surface area contributed by atoms with Crippen LogP contribution in [0.25, 0.3) is 0 Å². The van der Waals surface area contributed by atoms with Gasteiger partial charge in [-0.2, -0.15) is 13.2 Å². The van der Waals surface area contributed by atoms with E-state index in [1.165, 1.54) is 0 Å². The Balaban J connectivity index is 0.00000576. The summed E-state index contributed by atoms with van der Waals surface area (Å²) >= 11 is 1.57. The Labute approximate surface area is 167 Å². The summed E-state index contributed by atoms with van der Waals surface area (Å²) in [4.78, 5) is 8.95. The van der Waals surface area contributed by atoms with Crippen molar-refractivity contribution in [1.29, 1.82) is 0 Å². The van der Waals surface area contributed by atoms with Gasteiger partial charge in [0.1, 0.15) is 11.6 Å². The predicted octanol–water partition coefficient (Wildman–Crippen LogP) is 3.91. The Morgan fingerprint density at radius 1 is 1.36 bits per heavy atom. The molecule has 0 saturated heterocycles. The zero-order chi connectivity index (χ0) is 18.0. The standard InChI is InChI=1S/C15H25F3N4OS.HI/c1-4-19-14(20-6-5-7-23-10-15(16,17)18)21-8-13-22-12(9-24-13)11(2)3;/h9,11H,4-8,10H2,1-3H3,(H2,19,20,21);1H. The highest BCUT2D eigenvalue weighted by molar-refractivity contribution is 14.0. The van der Waals surface area contributed by atoms with Crippen molar-refractivity contribution in [1.82, 2.24) is 15.6 Å². The lowest BCUT2D eigenvalue weighted by atomic mass is 10.2. The van der Waals surface area contributed by atoms with Gasteiger partial charge in [-0.1, -0.05) is 13.8 Å². The Morgan fingerprint density at radius 2 is 2.08 bits per heavy atom. The van der Waals surface area contributed by atoms with Gasteiger partial charge in [-0.25, -0.2) is 9.98 Å². The molecule has 1 aromatic heterocycles. The molecule has 0 saturated carbocycles. The second kappa shape index (κ2) is 12.7. The lowest BCUT2D eigenvalue weighted by Gasteiger charge is -2.11. The first-order chi connectivity index (χ1) is 11.3. The van der Waals surface area contributed by atoms with Gasteiger partial charge in [-0.05, 0) is 19.3 Å². The molecular formula is C15H26F3IN4OS. The average molecular weight is 494 g/mol. The molecule has 0 atom stereocenters. The van der Waals surface area contributed by atoms with Crippen LogP contribution in [-0.4, -0.2) is 43.4 Å². The second-order valence-electron chi connectivity index (χ2n) is 5.46. The van der Waals surface area contributed by atoms with Crippen LogP contribution in [0.3, 0.4) is 0 Å². The van der Waals surface area contributed by atoms with E-state index >= 15 is 0 Å². The zero-order valence-corrected chi connectivity index (χ0v) is 17.8. The van der Waals surface area contributed by atoms with E-state index in [-0.39, 0.29) is 30.6 Å². The molecule has 2 N–H and O–H groups in total. The quantitative estimate of drug-likeness (QED) is 0.237. The molecule has 0 aliphatic heterocycles. The Hall–Kier alpha value is -0.620. The van der Waals surface area contributed by atoms with E-state index in [2.05, 4.69) is 39.2 Å². The minimum Gasteiger partial charge on any atom is -0.372 e. The van der Waals surface area contributed by atoms with E-state index in [1.54, 1.807) is 11.3 Å². The first-order valence-electron chi connectivity index (χ1n) is 7.92. The van der Waals surface area contributed by atoms with Gasteiger partial charge < -0.3 is 15.4 Å². The van der Waals surface area contributed by atoms with Crippen LogP contribution in [0.2, 0.25) is 0 Å². The average Bonchev–Trinajstić information content (AvgIpc) is 2.96. The molecule has 1 heterocycles. The first kappa shape index (κ1) is 24.4. The van der Waals surface area contributed by atoms with E-state index in [9.17, 15) is 13.2 Å². The third kappa shape index (κ3) is 11.6. The number of hydrogen-bond donors (Lipinski definition) is 2. The van der Waals surface area contributed by atoms with Gasteiger partial charge in [0, 0.05) is 25.1 Å². The molecule has 1 rings (SSSR count). The Bertz CT molecular complexity index is 509. The summed E-state index contributed by atoms with van der Waals surface area (Å²) in [7, 11) is 0. The highest BCUT2D eigenvalue weighted by Crippen LogP contribution is 2.18. The van der Waals surface area contributed by atoms with Crippen molar-refractivity contribution < 1.29 is 17.9 Å². The maximum Gasteiger partial charge on any atom is 0.411 e. The van der Waals surface area contributed by atoms with E-state index in [0.717, 1.165) is 10.7 Å². The molecule has 1 aromatic rings. The maximum absolute atomic E-state index is 11.9. The number of hydrogen-bond acceptors (Lipinski definition) is 4. The number of nitrogens with one attached hydrogen (secondary N) is 2. The van der Waals surface area contributed by atoms with Gasteiger partial charge in [0.25, 0.3) is 0 Å². The van der Waals surface area contributed by atoms with Gasteiger partial charge in [0.05, 0.1) is 12.2 Å². The van der Waals surface area contributed by atoms with Crippen LogP contribution in [0.15, 0.2) is 10.4 Å². The highest BCUT2D eigenvalue weighted by Gasteiger charge is 2.27. The third-order valence-electron chi connectivity index (χ3n) is 2.90. The molecule has 10 heteroatoms. The lowest BCUT2D eigenvalue weighted by Crippen LogP contribution is -2.38. The van der Waals surface area contributed by atoms with Crippen LogP contribution in [0.1, 0.15) is 43.8 Å². The van der Waals surface area contributed by atoms with E-state index in [4.69, 9.17) is 0 Å². The summed E-state index contributed by atoms with van der Waals surface area (Å²) in [6, 6.07) is 0. The van der Waals surface area contributed by atoms with Crippen molar-refractivity contribution in [2.24, 2.45) is 4.99 Å². The summed E-state index contributed by atoms with van der Waals surface area (Å²) in [5, 5.41) is 9.14. The first-order valence-corrected chi connectivity index (χ1v) is 8.80. The summed E-state index contributed by atoms with van der Waals surface area (Å²) in [5.41, 5.74) is 1.06. The minimum absolute atomic E-state index is 0. The molecule has 0 fully saturated rings. The third-order valence-corrected chi connectivity index (χ3v) is 3.75. The highest BCUT2D eigenvalue weighted by atomic mass is 127. The van der Waals surface area contributed by atoms with Crippen LogP contribution in [0.5, 0.6) is 0 Å². The molecule has 0 aliphatic carbocycles. The van der Waals surface area contributed by atoms with Gasteiger partial charge in [0.2, 0.25) is 0 Å². The molecule has 0 unspecified atom stereocenters. The fourth-order valence-electron chi connectivity index (χ4n) is 1.72. The van der Waals surface area contributed by atoms with Gasteiger partial charge in [-0.3, -0.25) is 0 Å². The molecular weight excluding hydrogens is 468 g/mol. The number of alkyl halides is 3. The smallest absolute Gasteiger partial charge is 0.372 e. The molecule has 25 heavy (non-hydrogen) atoms. The molecule has 146 valence electrons. The predicted molar refractivity (Wildman–Crippen MR) is 106 cm³/mol. The van der Waals surface area contributed by atoms with Crippen molar-refractivity contribution in [3.05, 3.63) is 16.1 Å². The van der Waals surface area contributed by atoms with Crippen molar-refractivity contribution in [3.63, 3.8) is 0 Å². The monoisotopic (exact) mass is 494 g/mol. The molecule has 0 aromatic carbocycles. The maximum atomic E-state index is 11.9. The molecule has 0 bridgehead atoms. The van der Waals surface area contributed by atoms with Crippen molar-refractivity contribution in [3.8, 4) is 0 Å². The van der Waals surface area contributed by atoms with Crippen LogP contribution in [0, 0.1) is 0 Å². The molecule has 0 radical (unpaired) electrons. The SMILES string of the molecule is CCNC(=NCc1nc(C(C)C)cs1)NCCCOCC(F)(F)F.I. The zero-order valence-electron chi connectivity index (χ0n) is 14.7. The van der Waals surface area contributed by atoms with E-state index in [0.29, 0.717) is 37.9 Å².